The zero-order chi connectivity index (χ0) is 23.3. The Kier molecular flexibility index (Phi) is 8.65. The van der Waals surface area contributed by atoms with Crippen LogP contribution in [0.25, 0.3) is 0 Å². The van der Waals surface area contributed by atoms with Crippen LogP contribution in [-0.4, -0.2) is 114 Å². The molecule has 3 unspecified atom stereocenters. The van der Waals surface area contributed by atoms with Crippen LogP contribution in [0.5, 0.6) is 0 Å². The van der Waals surface area contributed by atoms with Gasteiger partial charge in [-0.1, -0.05) is 0 Å². The first-order chi connectivity index (χ1) is 14.4. The maximum atomic E-state index is 10.8. The largest absolute Gasteiger partial charge is 0.481 e. The topological polar surface area (TPSA) is 251 Å². The van der Waals surface area contributed by atoms with Crippen LogP contribution >= 0.6 is 0 Å². The molecule has 2 aliphatic heterocycles. The summed E-state index contributed by atoms with van der Waals surface area (Å²) in [5.41, 5.74) is -0.122. The predicted octanol–water partition coefficient (Wildman–Crippen LogP) is -5.32. The molecule has 178 valence electrons. The molecule has 0 bridgehead atoms. The standard InChI is InChI=1S/C15H24N2O14/c18-8(2-9(19)20)6-1-7(16-14-29-13(30-31-14)15(25,26)27)12(28-5-6)17(3-10(21)22)4-11(23)24/h1,5,8,10-14,16,18,21-27H,2-4H2,(H,19,20)/t8-,12?,13?,14?/m1/s1. The molecule has 16 heteroatoms. The van der Waals surface area contributed by atoms with Crippen molar-refractivity contribution in [2.75, 3.05) is 13.1 Å². The van der Waals surface area contributed by atoms with Gasteiger partial charge < -0.3 is 56.0 Å². The number of carbonyl (C=O) groups is 1. The second-order valence-corrected chi connectivity index (χ2v) is 6.56. The maximum absolute atomic E-state index is 10.8. The summed E-state index contributed by atoms with van der Waals surface area (Å²) in [5.74, 6) is -4.72. The van der Waals surface area contributed by atoms with E-state index in [9.17, 15) is 30.3 Å². The molecule has 0 aromatic heterocycles. The molecule has 0 radical (unpaired) electrons. The number of carboxylic acids is 1. The van der Waals surface area contributed by atoms with Crippen molar-refractivity contribution in [1.29, 1.82) is 0 Å². The van der Waals surface area contributed by atoms with Gasteiger partial charge in [0.1, 0.15) is 0 Å². The lowest BCUT2D eigenvalue weighted by Crippen LogP contribution is -2.51. The summed E-state index contributed by atoms with van der Waals surface area (Å²) in [5, 5.41) is 85.7. The molecule has 0 aromatic rings. The molecule has 0 amide bonds. The zero-order valence-electron chi connectivity index (χ0n) is 15.8. The Balaban J connectivity index is 2.25. The highest BCUT2D eigenvalue weighted by molar-refractivity contribution is 5.68. The summed E-state index contributed by atoms with van der Waals surface area (Å²) < 4.78 is 10.3. The van der Waals surface area contributed by atoms with E-state index in [4.69, 9.17) is 29.9 Å². The molecule has 1 fully saturated rings. The minimum atomic E-state index is -3.41. The molecule has 2 heterocycles. The molecular weight excluding hydrogens is 432 g/mol. The Hall–Kier alpha value is -1.93. The molecule has 0 aliphatic carbocycles. The van der Waals surface area contributed by atoms with Gasteiger partial charge in [0, 0.05) is 5.57 Å². The summed E-state index contributed by atoms with van der Waals surface area (Å²) in [6.07, 6.45) is -8.79. The third kappa shape index (κ3) is 7.61. The van der Waals surface area contributed by atoms with E-state index in [1.165, 1.54) is 6.08 Å². The van der Waals surface area contributed by atoms with Gasteiger partial charge in [-0.3, -0.25) is 14.4 Å². The van der Waals surface area contributed by atoms with Gasteiger partial charge in [0.05, 0.1) is 37.6 Å². The minimum absolute atomic E-state index is 0.0357. The third-order valence-corrected chi connectivity index (χ3v) is 3.88. The van der Waals surface area contributed by atoms with E-state index in [1.54, 1.807) is 0 Å². The smallest absolute Gasteiger partial charge is 0.333 e. The highest BCUT2D eigenvalue weighted by atomic mass is 17.3. The van der Waals surface area contributed by atoms with Crippen LogP contribution in [-0.2, 0) is 24.0 Å². The minimum Gasteiger partial charge on any atom is -0.481 e. The highest BCUT2D eigenvalue weighted by Gasteiger charge is 2.44. The van der Waals surface area contributed by atoms with Gasteiger partial charge in [-0.05, 0) is 6.08 Å². The zero-order valence-corrected chi connectivity index (χ0v) is 15.8. The van der Waals surface area contributed by atoms with Gasteiger partial charge in [-0.2, -0.15) is 9.78 Å². The Labute approximate surface area is 173 Å². The Morgan fingerprint density at radius 3 is 2.19 bits per heavy atom. The molecule has 4 atom stereocenters. The average molecular weight is 456 g/mol. The van der Waals surface area contributed by atoms with Crippen molar-refractivity contribution < 1.29 is 70.0 Å². The molecule has 1 saturated heterocycles. The van der Waals surface area contributed by atoms with Crippen molar-refractivity contribution in [1.82, 2.24) is 10.2 Å². The van der Waals surface area contributed by atoms with E-state index >= 15 is 0 Å². The van der Waals surface area contributed by atoms with Crippen LogP contribution in [0.3, 0.4) is 0 Å². The van der Waals surface area contributed by atoms with Crippen molar-refractivity contribution in [3.05, 3.63) is 23.6 Å². The van der Waals surface area contributed by atoms with Crippen LogP contribution in [0.1, 0.15) is 6.42 Å². The molecule has 31 heavy (non-hydrogen) atoms. The van der Waals surface area contributed by atoms with Crippen LogP contribution in [0.4, 0.5) is 0 Å². The van der Waals surface area contributed by atoms with E-state index in [2.05, 4.69) is 15.1 Å². The maximum Gasteiger partial charge on any atom is 0.333 e. The Morgan fingerprint density at radius 1 is 1.10 bits per heavy atom. The lowest BCUT2D eigenvalue weighted by molar-refractivity contribution is -0.427. The normalized spacial score (nSPS) is 25.5. The molecule has 0 saturated carbocycles. The Morgan fingerprint density at radius 2 is 1.71 bits per heavy atom. The van der Waals surface area contributed by atoms with Gasteiger partial charge in [0.15, 0.2) is 18.8 Å². The van der Waals surface area contributed by atoms with Crippen LogP contribution < -0.4 is 5.32 Å². The lowest BCUT2D eigenvalue weighted by Gasteiger charge is -2.36. The quantitative estimate of drug-likeness (QED) is 0.103. The van der Waals surface area contributed by atoms with Gasteiger partial charge in [0.25, 0.3) is 12.7 Å². The van der Waals surface area contributed by atoms with E-state index in [0.717, 1.165) is 11.2 Å². The van der Waals surface area contributed by atoms with Crippen LogP contribution in [0, 0.1) is 0 Å². The summed E-state index contributed by atoms with van der Waals surface area (Å²) in [7, 11) is 0. The number of rotatable bonds is 11. The van der Waals surface area contributed by atoms with Crippen molar-refractivity contribution in [2.24, 2.45) is 0 Å². The van der Waals surface area contributed by atoms with Crippen molar-refractivity contribution >= 4 is 5.97 Å². The van der Waals surface area contributed by atoms with Crippen molar-refractivity contribution in [2.45, 2.75) is 50.0 Å². The summed E-state index contributed by atoms with van der Waals surface area (Å²) in [4.78, 5) is 20.9. The number of aliphatic hydroxyl groups is 8. The number of hydrogen-bond donors (Lipinski definition) is 10. The van der Waals surface area contributed by atoms with Gasteiger partial charge in [-0.15, -0.1) is 0 Å². The molecule has 2 aliphatic rings. The van der Waals surface area contributed by atoms with E-state index in [0.29, 0.717) is 0 Å². The second-order valence-electron chi connectivity index (χ2n) is 6.56. The number of nitrogens with one attached hydrogen (secondary N) is 1. The fraction of sp³-hybridized carbons (Fsp3) is 0.667. The average Bonchev–Trinajstić information content (AvgIpc) is 3.08. The molecule has 16 nitrogen and oxygen atoms in total. The monoisotopic (exact) mass is 456 g/mol. The number of hydrogen-bond acceptors (Lipinski definition) is 15. The molecule has 0 spiro atoms. The summed E-state index contributed by atoms with van der Waals surface area (Å²) >= 11 is 0. The fourth-order valence-corrected chi connectivity index (χ4v) is 2.65. The molecule has 0 aromatic carbocycles. The third-order valence-electron chi connectivity index (χ3n) is 3.88. The number of ether oxygens (including phenoxy) is 2. The van der Waals surface area contributed by atoms with E-state index < -0.39 is 69.1 Å². The van der Waals surface area contributed by atoms with Crippen LogP contribution in [0.15, 0.2) is 23.6 Å². The van der Waals surface area contributed by atoms with Crippen molar-refractivity contribution in [3.63, 3.8) is 0 Å². The first-order valence-electron chi connectivity index (χ1n) is 8.71. The van der Waals surface area contributed by atoms with E-state index in [1.807, 2.05) is 0 Å². The number of aliphatic hydroxyl groups excluding tert-OH is 3. The van der Waals surface area contributed by atoms with E-state index in [-0.39, 0.29) is 11.3 Å². The van der Waals surface area contributed by atoms with Crippen LogP contribution in [0.2, 0.25) is 0 Å². The first-order valence-corrected chi connectivity index (χ1v) is 8.71. The van der Waals surface area contributed by atoms with Gasteiger partial charge >= 0.3 is 11.9 Å². The fourth-order valence-electron chi connectivity index (χ4n) is 2.65. The predicted molar refractivity (Wildman–Crippen MR) is 90.7 cm³/mol. The number of aliphatic carboxylic acids is 1. The number of carboxylic acid groups (broad SMARTS) is 1. The SMILES string of the molecule is O=C(O)C[C@@H](O)C1=COC(N(CC(O)O)CC(O)O)C(NC2OOC(C(O)(O)O)O2)=C1. The number of nitrogens with zero attached hydrogens (tertiary/aromatic N) is 1. The summed E-state index contributed by atoms with van der Waals surface area (Å²) in [6.45, 7) is -1.08. The lowest BCUT2D eigenvalue weighted by atomic mass is 10.0. The first kappa shape index (κ1) is 25.3. The molecular formula is C15H24N2O14. The second kappa shape index (κ2) is 10.6. The Bertz CT molecular complexity index is 665. The highest BCUT2D eigenvalue weighted by Crippen LogP contribution is 2.26. The van der Waals surface area contributed by atoms with Gasteiger partial charge in [-0.25, -0.2) is 0 Å². The summed E-state index contributed by atoms with van der Waals surface area (Å²) in [6, 6.07) is 0. The molecule has 10 N–H and O–H groups in total. The van der Waals surface area contributed by atoms with Gasteiger partial charge in [0.2, 0.25) is 0 Å². The van der Waals surface area contributed by atoms with Crippen molar-refractivity contribution in [3.8, 4) is 0 Å². The molecule has 2 rings (SSSR count).